The number of piperidine rings is 1. The van der Waals surface area contributed by atoms with Crippen molar-refractivity contribution in [1.29, 1.82) is 0 Å². The van der Waals surface area contributed by atoms with Crippen molar-refractivity contribution in [3.05, 3.63) is 66.0 Å². The molecule has 1 aromatic carbocycles. The normalized spacial score (nSPS) is 23.8. The molecule has 2 saturated heterocycles. The molecule has 2 aliphatic rings. The van der Waals surface area contributed by atoms with E-state index in [1.807, 2.05) is 42.5 Å². The van der Waals surface area contributed by atoms with Gasteiger partial charge in [0.15, 0.2) is 0 Å². The molecule has 1 amide bonds. The topological polar surface area (TPSA) is 82.6 Å². The number of rotatable bonds is 5. The molecule has 1 aromatic heterocycles. The van der Waals surface area contributed by atoms with Gasteiger partial charge in [-0.15, -0.1) is 0 Å². The Morgan fingerprint density at radius 1 is 0.939 bits per heavy atom. The summed E-state index contributed by atoms with van der Waals surface area (Å²) in [5.74, 6) is -0.170. The van der Waals surface area contributed by atoms with E-state index in [0.29, 0.717) is 32.6 Å². The Morgan fingerprint density at radius 3 is 2.48 bits per heavy atom. The van der Waals surface area contributed by atoms with E-state index in [0.717, 1.165) is 43.4 Å². The molecule has 1 N–H and O–H groups in total. The number of carbonyl (C=O) groups is 1. The molecule has 4 rings (SSSR count). The number of nitrogens with zero attached hydrogens (tertiary/aromatic N) is 3. The average Bonchev–Trinajstić information content (AvgIpc) is 2.86. The quantitative estimate of drug-likeness (QED) is 0.727. The molecule has 0 aliphatic carbocycles. The third-order valence-electron chi connectivity index (χ3n) is 6.74. The van der Waals surface area contributed by atoms with Gasteiger partial charge in [-0.1, -0.05) is 43.2 Å². The molecule has 0 unspecified atom stereocenters. The van der Waals surface area contributed by atoms with Crippen LogP contribution in [0.25, 0.3) is 0 Å². The monoisotopic (exact) mass is 470 g/mol. The minimum atomic E-state index is -3.48. The molecule has 178 valence electrons. The Balaban J connectivity index is 1.59. The Morgan fingerprint density at radius 2 is 1.70 bits per heavy atom. The molecule has 2 aliphatic heterocycles. The number of fused-ring (bicyclic) bond motifs is 1. The molecule has 0 saturated carbocycles. The summed E-state index contributed by atoms with van der Waals surface area (Å²) >= 11 is 0. The van der Waals surface area contributed by atoms with Crippen molar-refractivity contribution in [2.45, 2.75) is 50.4 Å². The highest BCUT2D eigenvalue weighted by molar-refractivity contribution is 7.88. The summed E-state index contributed by atoms with van der Waals surface area (Å²) in [6.07, 6.45) is 8.33. The number of amides is 1. The summed E-state index contributed by atoms with van der Waals surface area (Å²) in [5.41, 5.74) is 1.91. The number of aromatic nitrogens is 1. The van der Waals surface area contributed by atoms with E-state index < -0.39 is 10.0 Å². The molecule has 2 fully saturated rings. The van der Waals surface area contributed by atoms with E-state index in [9.17, 15) is 13.2 Å². The van der Waals surface area contributed by atoms with Gasteiger partial charge in [0.25, 0.3) is 0 Å². The van der Waals surface area contributed by atoms with Crippen molar-refractivity contribution in [3.63, 3.8) is 0 Å². The second kappa shape index (κ2) is 11.2. The van der Waals surface area contributed by atoms with Gasteiger partial charge in [-0.05, 0) is 49.1 Å². The van der Waals surface area contributed by atoms with E-state index in [4.69, 9.17) is 0 Å². The molecule has 0 bridgehead atoms. The van der Waals surface area contributed by atoms with Gasteiger partial charge in [0.2, 0.25) is 15.9 Å². The molecular formula is C25H34N4O3S. The zero-order chi connectivity index (χ0) is 23.1. The van der Waals surface area contributed by atoms with Crippen LogP contribution in [0.4, 0.5) is 0 Å². The molecule has 8 heteroatoms. The number of hydrogen-bond acceptors (Lipinski definition) is 5. The Kier molecular flexibility index (Phi) is 8.11. The summed E-state index contributed by atoms with van der Waals surface area (Å²) in [6.45, 7) is 2.96. The van der Waals surface area contributed by atoms with Crippen molar-refractivity contribution in [2.75, 3.05) is 26.2 Å². The lowest BCUT2D eigenvalue weighted by Crippen LogP contribution is -2.57. The van der Waals surface area contributed by atoms with Gasteiger partial charge >= 0.3 is 0 Å². The summed E-state index contributed by atoms with van der Waals surface area (Å²) in [7, 11) is -3.48. The molecule has 0 radical (unpaired) electrons. The summed E-state index contributed by atoms with van der Waals surface area (Å²) in [6, 6.07) is 13.1. The number of hydrogen-bond donors (Lipinski definition) is 1. The molecule has 2 atom stereocenters. The predicted molar refractivity (Wildman–Crippen MR) is 129 cm³/mol. The molecular weight excluding hydrogens is 436 g/mol. The van der Waals surface area contributed by atoms with Crippen LogP contribution in [0.2, 0.25) is 0 Å². The Hall–Kier alpha value is -2.29. The first-order valence-electron chi connectivity index (χ1n) is 12.0. The van der Waals surface area contributed by atoms with E-state index in [-0.39, 0.29) is 23.6 Å². The lowest BCUT2D eigenvalue weighted by atomic mass is 9.90. The van der Waals surface area contributed by atoms with Gasteiger partial charge in [-0.25, -0.2) is 12.7 Å². The van der Waals surface area contributed by atoms with Crippen molar-refractivity contribution in [1.82, 2.24) is 19.5 Å². The van der Waals surface area contributed by atoms with Crippen LogP contribution in [-0.2, 0) is 27.1 Å². The maximum atomic E-state index is 13.3. The first kappa shape index (κ1) is 23.9. The third-order valence-corrected chi connectivity index (χ3v) is 8.56. The van der Waals surface area contributed by atoms with Crippen LogP contribution in [0, 0.1) is 5.92 Å². The first-order chi connectivity index (χ1) is 16.0. The summed E-state index contributed by atoms with van der Waals surface area (Å²) < 4.78 is 28.2. The molecule has 3 heterocycles. The van der Waals surface area contributed by atoms with Gasteiger partial charge in [0, 0.05) is 44.6 Å². The van der Waals surface area contributed by atoms with Crippen LogP contribution in [0.3, 0.4) is 0 Å². The maximum Gasteiger partial charge on any atom is 0.224 e. The van der Waals surface area contributed by atoms with Crippen molar-refractivity contribution in [3.8, 4) is 0 Å². The van der Waals surface area contributed by atoms with Crippen LogP contribution < -0.4 is 5.32 Å². The fourth-order valence-electron chi connectivity index (χ4n) is 4.93. The number of benzene rings is 1. The molecule has 2 aromatic rings. The smallest absolute Gasteiger partial charge is 0.224 e. The maximum absolute atomic E-state index is 13.3. The Bertz CT molecular complexity index is 1000. The standard InChI is InChI=1S/C25H34N4O3S/c30-25-23-12-17-29(33(31,32)20-22-8-4-3-5-9-22)19-24(23)28(16-7-2-1-6-13-27-25)18-21-10-14-26-15-11-21/h3-5,8-11,14-15,23-24H,1-2,6-7,12-13,16-20H2,(H,27,30)/t23-,24+/m0/s1. The van der Waals surface area contributed by atoms with Crippen molar-refractivity contribution in [2.24, 2.45) is 5.92 Å². The van der Waals surface area contributed by atoms with Gasteiger partial charge in [-0.3, -0.25) is 14.7 Å². The third kappa shape index (κ3) is 6.40. The average molecular weight is 471 g/mol. The summed E-state index contributed by atoms with van der Waals surface area (Å²) in [5, 5.41) is 3.11. The van der Waals surface area contributed by atoms with Gasteiger partial charge in [-0.2, -0.15) is 0 Å². The van der Waals surface area contributed by atoms with Gasteiger partial charge < -0.3 is 5.32 Å². The Labute approximate surface area is 197 Å². The summed E-state index contributed by atoms with van der Waals surface area (Å²) in [4.78, 5) is 19.6. The SMILES string of the molecule is O=C1NCCCCCCN(Cc2ccncc2)[C@@H]2CN(S(=O)(=O)Cc3ccccc3)CC[C@H]12. The van der Waals surface area contributed by atoms with Gasteiger partial charge in [0.05, 0.1) is 11.7 Å². The van der Waals surface area contributed by atoms with E-state index in [1.54, 1.807) is 16.7 Å². The van der Waals surface area contributed by atoms with Crippen LogP contribution in [0.5, 0.6) is 0 Å². The van der Waals surface area contributed by atoms with E-state index in [2.05, 4.69) is 15.2 Å². The lowest BCUT2D eigenvalue weighted by molar-refractivity contribution is -0.129. The zero-order valence-electron chi connectivity index (χ0n) is 19.1. The lowest BCUT2D eigenvalue weighted by Gasteiger charge is -2.43. The van der Waals surface area contributed by atoms with Crippen molar-refractivity contribution >= 4 is 15.9 Å². The minimum absolute atomic E-state index is 0.0121. The minimum Gasteiger partial charge on any atom is -0.356 e. The fraction of sp³-hybridized carbons (Fsp3) is 0.520. The second-order valence-corrected chi connectivity index (χ2v) is 11.1. The molecule has 0 spiro atoms. The first-order valence-corrected chi connectivity index (χ1v) is 13.6. The number of nitrogens with one attached hydrogen (secondary N) is 1. The largest absolute Gasteiger partial charge is 0.356 e. The van der Waals surface area contributed by atoms with E-state index in [1.165, 1.54) is 0 Å². The number of sulfonamides is 1. The van der Waals surface area contributed by atoms with E-state index >= 15 is 0 Å². The second-order valence-electron chi connectivity index (χ2n) is 9.09. The van der Waals surface area contributed by atoms with Crippen LogP contribution in [0.1, 0.15) is 43.2 Å². The van der Waals surface area contributed by atoms with Crippen LogP contribution >= 0.6 is 0 Å². The van der Waals surface area contributed by atoms with Crippen LogP contribution in [-0.4, -0.2) is 60.7 Å². The van der Waals surface area contributed by atoms with Gasteiger partial charge in [0.1, 0.15) is 0 Å². The van der Waals surface area contributed by atoms with Crippen LogP contribution in [0.15, 0.2) is 54.9 Å². The zero-order valence-corrected chi connectivity index (χ0v) is 19.9. The van der Waals surface area contributed by atoms with Crippen molar-refractivity contribution < 1.29 is 13.2 Å². The predicted octanol–water partition coefficient (Wildman–Crippen LogP) is 2.79. The fourth-order valence-corrected chi connectivity index (χ4v) is 6.49. The number of pyridine rings is 1. The highest BCUT2D eigenvalue weighted by Gasteiger charge is 2.41. The number of carbonyl (C=O) groups excluding carboxylic acids is 1. The molecule has 7 nitrogen and oxygen atoms in total. The highest BCUT2D eigenvalue weighted by Crippen LogP contribution is 2.28. The highest BCUT2D eigenvalue weighted by atomic mass is 32.2. The molecule has 33 heavy (non-hydrogen) atoms.